The highest BCUT2D eigenvalue weighted by molar-refractivity contribution is 5.06. The van der Waals surface area contributed by atoms with Crippen LogP contribution in [0, 0.1) is 0 Å². The van der Waals surface area contributed by atoms with Crippen molar-refractivity contribution in [2.45, 2.75) is 13.0 Å². The molecular formula is C6H11N3O. The van der Waals surface area contributed by atoms with Crippen molar-refractivity contribution in [3.8, 4) is 0 Å². The van der Waals surface area contributed by atoms with E-state index in [4.69, 9.17) is 5.90 Å². The van der Waals surface area contributed by atoms with E-state index in [0.29, 0.717) is 0 Å². The molecule has 1 heterocycles. The summed E-state index contributed by atoms with van der Waals surface area (Å²) in [5.74, 6) is 4.98. The van der Waals surface area contributed by atoms with Crippen molar-refractivity contribution in [2.75, 3.05) is 0 Å². The predicted octanol–water partition coefficient (Wildman–Crippen LogP) is 0.371. The van der Waals surface area contributed by atoms with E-state index in [0.717, 1.165) is 5.56 Å². The summed E-state index contributed by atoms with van der Waals surface area (Å²) in [6, 6.07) is 0. The fourth-order valence-corrected chi connectivity index (χ4v) is 0.729. The number of hydrogen-bond acceptors (Lipinski definition) is 3. The van der Waals surface area contributed by atoms with Crippen molar-refractivity contribution in [1.29, 1.82) is 0 Å². The number of nitrogens with two attached hydrogens (primary N) is 1. The lowest BCUT2D eigenvalue weighted by Crippen LogP contribution is -2.04. The van der Waals surface area contributed by atoms with E-state index < -0.39 is 0 Å². The summed E-state index contributed by atoms with van der Waals surface area (Å²) in [6.07, 6.45) is 3.53. The zero-order valence-electron chi connectivity index (χ0n) is 6.11. The van der Waals surface area contributed by atoms with E-state index in [-0.39, 0.29) is 6.10 Å². The molecule has 1 aromatic rings. The zero-order valence-corrected chi connectivity index (χ0v) is 6.11. The summed E-state index contributed by atoms with van der Waals surface area (Å²) in [6.45, 7) is 1.87. The first-order valence-electron chi connectivity index (χ1n) is 3.08. The standard InChI is InChI=1S/C6H11N3O/c1-5(10-7)6-3-8-9(2)4-6/h3-5H,7H2,1-2H3. The van der Waals surface area contributed by atoms with E-state index >= 15 is 0 Å². The van der Waals surface area contributed by atoms with E-state index in [9.17, 15) is 0 Å². The Morgan fingerprint density at radius 2 is 2.50 bits per heavy atom. The van der Waals surface area contributed by atoms with Gasteiger partial charge in [0.1, 0.15) is 6.10 Å². The van der Waals surface area contributed by atoms with Gasteiger partial charge in [-0.2, -0.15) is 5.10 Å². The van der Waals surface area contributed by atoms with Crippen LogP contribution in [0.2, 0.25) is 0 Å². The maximum absolute atomic E-state index is 4.98. The third-order valence-corrected chi connectivity index (χ3v) is 1.40. The van der Waals surface area contributed by atoms with Crippen LogP contribution in [0.4, 0.5) is 0 Å². The molecule has 0 aromatic carbocycles. The topological polar surface area (TPSA) is 53.1 Å². The average Bonchev–Trinajstić information content (AvgIpc) is 2.34. The molecular weight excluding hydrogens is 130 g/mol. The number of aromatic nitrogens is 2. The summed E-state index contributed by atoms with van der Waals surface area (Å²) < 4.78 is 1.71. The van der Waals surface area contributed by atoms with E-state index in [1.54, 1.807) is 10.9 Å². The van der Waals surface area contributed by atoms with E-state index in [1.807, 2.05) is 20.2 Å². The molecule has 56 valence electrons. The molecule has 4 nitrogen and oxygen atoms in total. The van der Waals surface area contributed by atoms with Crippen molar-refractivity contribution in [2.24, 2.45) is 12.9 Å². The van der Waals surface area contributed by atoms with Crippen molar-refractivity contribution in [3.05, 3.63) is 18.0 Å². The van der Waals surface area contributed by atoms with Crippen molar-refractivity contribution < 1.29 is 4.84 Å². The van der Waals surface area contributed by atoms with Crippen LogP contribution in [-0.4, -0.2) is 9.78 Å². The van der Waals surface area contributed by atoms with Crippen molar-refractivity contribution in [1.82, 2.24) is 9.78 Å². The molecule has 0 bridgehead atoms. The van der Waals surface area contributed by atoms with Gasteiger partial charge in [-0.05, 0) is 6.92 Å². The van der Waals surface area contributed by atoms with Crippen LogP contribution >= 0.6 is 0 Å². The predicted molar refractivity (Wildman–Crippen MR) is 36.9 cm³/mol. The van der Waals surface area contributed by atoms with Gasteiger partial charge in [0, 0.05) is 18.8 Å². The van der Waals surface area contributed by atoms with Crippen LogP contribution in [0.5, 0.6) is 0 Å². The molecule has 1 unspecified atom stereocenters. The fraction of sp³-hybridized carbons (Fsp3) is 0.500. The molecule has 1 rings (SSSR count). The monoisotopic (exact) mass is 141 g/mol. The van der Waals surface area contributed by atoms with Crippen LogP contribution in [0.1, 0.15) is 18.6 Å². The zero-order chi connectivity index (χ0) is 7.56. The van der Waals surface area contributed by atoms with Crippen molar-refractivity contribution >= 4 is 0 Å². The van der Waals surface area contributed by atoms with E-state index in [1.165, 1.54) is 0 Å². The first kappa shape index (κ1) is 7.24. The van der Waals surface area contributed by atoms with Crippen molar-refractivity contribution in [3.63, 3.8) is 0 Å². The summed E-state index contributed by atoms with van der Waals surface area (Å²) in [4.78, 5) is 4.60. The minimum atomic E-state index is -0.0753. The molecule has 0 amide bonds. The van der Waals surface area contributed by atoms with Crippen LogP contribution in [0.15, 0.2) is 12.4 Å². The largest absolute Gasteiger partial charge is 0.297 e. The second-order valence-electron chi connectivity index (χ2n) is 2.23. The lowest BCUT2D eigenvalue weighted by Gasteiger charge is -2.02. The molecule has 0 fully saturated rings. The van der Waals surface area contributed by atoms with Gasteiger partial charge in [-0.3, -0.25) is 9.52 Å². The smallest absolute Gasteiger partial charge is 0.104 e. The molecule has 0 saturated carbocycles. The summed E-state index contributed by atoms with van der Waals surface area (Å²) >= 11 is 0. The van der Waals surface area contributed by atoms with Gasteiger partial charge in [-0.25, -0.2) is 5.90 Å². The molecule has 1 aromatic heterocycles. The molecule has 0 aliphatic rings. The molecule has 0 spiro atoms. The summed E-state index contributed by atoms with van der Waals surface area (Å²) in [5.41, 5.74) is 0.991. The lowest BCUT2D eigenvalue weighted by molar-refractivity contribution is 0.0664. The molecule has 4 heteroatoms. The van der Waals surface area contributed by atoms with Crippen LogP contribution in [0.3, 0.4) is 0 Å². The number of hydrogen-bond donors (Lipinski definition) is 1. The number of rotatable bonds is 2. The third-order valence-electron chi connectivity index (χ3n) is 1.40. The van der Waals surface area contributed by atoms with E-state index in [2.05, 4.69) is 9.94 Å². The molecule has 0 aliphatic heterocycles. The Balaban J connectivity index is 2.74. The van der Waals surface area contributed by atoms with Gasteiger partial charge in [0.25, 0.3) is 0 Å². The summed E-state index contributed by atoms with van der Waals surface area (Å²) in [5, 5.41) is 3.97. The maximum atomic E-state index is 4.98. The second-order valence-corrected chi connectivity index (χ2v) is 2.23. The molecule has 1 atom stereocenters. The SMILES string of the molecule is CC(ON)c1cnn(C)c1. The summed E-state index contributed by atoms with van der Waals surface area (Å²) in [7, 11) is 1.85. The van der Waals surface area contributed by atoms with Gasteiger partial charge < -0.3 is 0 Å². The Morgan fingerprint density at radius 3 is 2.90 bits per heavy atom. The third kappa shape index (κ3) is 1.34. The molecule has 0 radical (unpaired) electrons. The molecule has 0 saturated heterocycles. The van der Waals surface area contributed by atoms with Gasteiger partial charge in [0.2, 0.25) is 0 Å². The van der Waals surface area contributed by atoms with Gasteiger partial charge in [0.15, 0.2) is 0 Å². The minimum absolute atomic E-state index is 0.0753. The highest BCUT2D eigenvalue weighted by Gasteiger charge is 2.04. The second kappa shape index (κ2) is 2.81. The van der Waals surface area contributed by atoms with Crippen LogP contribution in [-0.2, 0) is 11.9 Å². The minimum Gasteiger partial charge on any atom is -0.297 e. The fourth-order valence-electron chi connectivity index (χ4n) is 0.729. The quantitative estimate of drug-likeness (QED) is 0.605. The Kier molecular flexibility index (Phi) is 2.03. The average molecular weight is 141 g/mol. The molecule has 0 aliphatic carbocycles. The van der Waals surface area contributed by atoms with Gasteiger partial charge >= 0.3 is 0 Å². The normalized spacial score (nSPS) is 13.5. The van der Waals surface area contributed by atoms with Gasteiger partial charge in [-0.15, -0.1) is 0 Å². The highest BCUT2D eigenvalue weighted by atomic mass is 16.6. The Labute approximate surface area is 59.5 Å². The Bertz CT molecular complexity index is 209. The Morgan fingerprint density at radius 1 is 1.80 bits per heavy atom. The molecule has 10 heavy (non-hydrogen) atoms. The lowest BCUT2D eigenvalue weighted by atomic mass is 10.2. The first-order chi connectivity index (χ1) is 4.74. The first-order valence-corrected chi connectivity index (χ1v) is 3.08. The van der Waals surface area contributed by atoms with Gasteiger partial charge in [0.05, 0.1) is 6.20 Å². The van der Waals surface area contributed by atoms with Crippen LogP contribution < -0.4 is 5.90 Å². The molecule has 2 N–H and O–H groups in total. The highest BCUT2D eigenvalue weighted by Crippen LogP contribution is 2.11. The van der Waals surface area contributed by atoms with Crippen LogP contribution in [0.25, 0.3) is 0 Å². The number of aryl methyl sites for hydroxylation is 1. The number of nitrogens with zero attached hydrogens (tertiary/aromatic N) is 2. The Hall–Kier alpha value is -0.870. The maximum Gasteiger partial charge on any atom is 0.104 e. The van der Waals surface area contributed by atoms with Gasteiger partial charge in [-0.1, -0.05) is 0 Å².